The molecule has 1 atom stereocenters. The number of halogens is 1. The lowest BCUT2D eigenvalue weighted by Gasteiger charge is -2.10. The summed E-state index contributed by atoms with van der Waals surface area (Å²) >= 11 is 5.87. The first-order chi connectivity index (χ1) is 11.6. The second kappa shape index (κ2) is 9.53. The summed E-state index contributed by atoms with van der Waals surface area (Å²) in [5, 5.41) is 3.80. The van der Waals surface area contributed by atoms with Gasteiger partial charge in [0, 0.05) is 11.6 Å². The lowest BCUT2D eigenvalue weighted by atomic mass is 10.0. The van der Waals surface area contributed by atoms with E-state index in [1.165, 1.54) is 0 Å². The zero-order valence-electron chi connectivity index (χ0n) is 13.9. The molecule has 25 heavy (non-hydrogen) atoms. The molecule has 0 heterocycles. The summed E-state index contributed by atoms with van der Waals surface area (Å²) in [6.45, 7) is 2.37. The molecular weight excluding hydrogens is 364 g/mol. The smallest absolute Gasteiger partial charge is 0.261 e. The lowest BCUT2D eigenvalue weighted by molar-refractivity contribution is -0.119. The zero-order chi connectivity index (χ0) is 19.0. The minimum atomic E-state index is -3.67. The quantitative estimate of drug-likeness (QED) is 0.686. The molecule has 6 nitrogen and oxygen atoms in total. The van der Waals surface area contributed by atoms with Gasteiger partial charge in [0.25, 0.3) is 10.1 Å². The van der Waals surface area contributed by atoms with Gasteiger partial charge in [0.05, 0.1) is 12.3 Å². The van der Waals surface area contributed by atoms with E-state index in [-0.39, 0.29) is 11.9 Å². The predicted molar refractivity (Wildman–Crippen MR) is 99.9 cm³/mol. The maximum Gasteiger partial charge on any atom is 0.261 e. The van der Waals surface area contributed by atoms with Crippen LogP contribution in [-0.2, 0) is 21.5 Å². The summed E-state index contributed by atoms with van der Waals surface area (Å²) in [6, 6.07) is 15.6. The van der Waals surface area contributed by atoms with E-state index in [9.17, 15) is 13.2 Å². The van der Waals surface area contributed by atoms with Crippen LogP contribution in [0.5, 0.6) is 0 Å². The van der Waals surface area contributed by atoms with Gasteiger partial charge in [-0.05, 0) is 35.7 Å². The number of hydrogen-bond acceptors (Lipinski definition) is 4. The molecule has 0 unspecified atom stereocenters. The number of benzene rings is 2. The lowest BCUT2D eigenvalue weighted by Crippen LogP contribution is -2.38. The van der Waals surface area contributed by atoms with Gasteiger partial charge in [-0.1, -0.05) is 48.0 Å². The highest BCUT2D eigenvalue weighted by Crippen LogP contribution is 2.21. The molecule has 0 fully saturated rings. The molecule has 0 aliphatic rings. The van der Waals surface area contributed by atoms with E-state index in [2.05, 4.69) is 17.4 Å². The number of nitrogens with one attached hydrogen (secondary N) is 1. The minimum Gasteiger partial charge on any atom is -0.368 e. The fourth-order valence-electron chi connectivity index (χ4n) is 1.83. The Bertz CT molecular complexity index is 782. The molecule has 2 aromatic rings. The van der Waals surface area contributed by atoms with Crippen LogP contribution in [0.2, 0.25) is 5.02 Å². The number of carbonyl (C=O) groups is 1. The van der Waals surface area contributed by atoms with E-state index in [1.54, 1.807) is 6.92 Å². The Balaban J connectivity index is 0.000000550. The van der Waals surface area contributed by atoms with Crippen molar-refractivity contribution >= 4 is 27.6 Å². The minimum absolute atomic E-state index is 0.328. The number of nitrogens with two attached hydrogens (primary N) is 1. The van der Waals surface area contributed by atoms with Crippen molar-refractivity contribution in [2.75, 3.05) is 6.26 Å². The normalized spacial score (nSPS) is 12.0. The Hall–Kier alpha value is -1.93. The summed E-state index contributed by atoms with van der Waals surface area (Å²) in [5.74, 6) is -0.345. The van der Waals surface area contributed by atoms with Gasteiger partial charge in [0.2, 0.25) is 5.91 Å². The van der Waals surface area contributed by atoms with Crippen molar-refractivity contribution in [3.8, 4) is 11.1 Å². The van der Waals surface area contributed by atoms with Gasteiger partial charge in [-0.25, -0.2) is 0 Å². The SMILES string of the molecule is CS(=O)(=O)O.C[C@H](NCc1ccc(-c2ccc(Cl)cc2)cc1)C(N)=O. The van der Waals surface area contributed by atoms with E-state index in [1.807, 2.05) is 36.4 Å². The molecule has 4 N–H and O–H groups in total. The first-order valence-corrected chi connectivity index (χ1v) is 9.59. The second-order valence-corrected chi connectivity index (χ2v) is 7.34. The molecule has 0 radical (unpaired) electrons. The van der Waals surface area contributed by atoms with E-state index in [0.29, 0.717) is 12.8 Å². The van der Waals surface area contributed by atoms with Crippen molar-refractivity contribution in [1.82, 2.24) is 5.32 Å². The summed E-state index contributed by atoms with van der Waals surface area (Å²) in [6.07, 6.45) is 0.715. The molecule has 0 saturated carbocycles. The Morgan fingerprint density at radius 1 is 1.12 bits per heavy atom. The summed E-state index contributed by atoms with van der Waals surface area (Å²) < 4.78 is 25.9. The van der Waals surface area contributed by atoms with Gasteiger partial charge in [-0.2, -0.15) is 8.42 Å². The van der Waals surface area contributed by atoms with Gasteiger partial charge >= 0.3 is 0 Å². The van der Waals surface area contributed by atoms with Crippen molar-refractivity contribution in [2.45, 2.75) is 19.5 Å². The van der Waals surface area contributed by atoms with E-state index < -0.39 is 10.1 Å². The molecule has 0 bridgehead atoms. The molecule has 1 amide bonds. The van der Waals surface area contributed by atoms with Gasteiger partial charge in [0.1, 0.15) is 0 Å². The number of hydrogen-bond donors (Lipinski definition) is 3. The van der Waals surface area contributed by atoms with E-state index >= 15 is 0 Å². The Morgan fingerprint density at radius 2 is 1.52 bits per heavy atom. The van der Waals surface area contributed by atoms with Crippen LogP contribution in [0.4, 0.5) is 0 Å². The van der Waals surface area contributed by atoms with Crippen LogP contribution in [0, 0.1) is 0 Å². The highest BCUT2D eigenvalue weighted by atomic mass is 35.5. The third-order valence-electron chi connectivity index (χ3n) is 3.17. The van der Waals surface area contributed by atoms with Gasteiger partial charge in [-0.15, -0.1) is 0 Å². The molecule has 0 aliphatic heterocycles. The third kappa shape index (κ3) is 9.21. The molecule has 0 spiro atoms. The molecular formula is C17H21ClN2O4S. The van der Waals surface area contributed by atoms with Crippen LogP contribution >= 0.6 is 11.6 Å². The molecule has 8 heteroatoms. The van der Waals surface area contributed by atoms with Gasteiger partial charge in [0.15, 0.2) is 0 Å². The van der Waals surface area contributed by atoms with Crippen molar-refractivity contribution in [3.63, 3.8) is 0 Å². The van der Waals surface area contributed by atoms with Crippen molar-refractivity contribution in [3.05, 3.63) is 59.1 Å². The average molecular weight is 385 g/mol. The molecule has 0 aromatic heterocycles. The summed E-state index contributed by atoms with van der Waals surface area (Å²) in [5.41, 5.74) is 8.56. The van der Waals surface area contributed by atoms with Crippen LogP contribution in [-0.4, -0.2) is 31.2 Å². The van der Waals surface area contributed by atoms with Gasteiger partial charge < -0.3 is 11.1 Å². The van der Waals surface area contributed by atoms with Crippen LogP contribution in [0.15, 0.2) is 48.5 Å². The summed E-state index contributed by atoms with van der Waals surface area (Å²) in [7, 11) is -3.67. The first-order valence-electron chi connectivity index (χ1n) is 7.36. The molecule has 2 rings (SSSR count). The van der Waals surface area contributed by atoms with Gasteiger partial charge in [-0.3, -0.25) is 9.35 Å². The largest absolute Gasteiger partial charge is 0.368 e. The maximum atomic E-state index is 10.9. The molecule has 2 aromatic carbocycles. The third-order valence-corrected chi connectivity index (χ3v) is 3.42. The Labute approximate surface area is 152 Å². The molecule has 0 aliphatic carbocycles. The van der Waals surface area contributed by atoms with E-state index in [0.717, 1.165) is 21.7 Å². The molecule has 136 valence electrons. The Kier molecular flexibility index (Phi) is 8.05. The average Bonchev–Trinajstić information content (AvgIpc) is 2.52. The fraction of sp³-hybridized carbons (Fsp3) is 0.235. The van der Waals surface area contributed by atoms with Crippen LogP contribution < -0.4 is 11.1 Å². The topological polar surface area (TPSA) is 109 Å². The number of rotatable bonds is 5. The highest BCUT2D eigenvalue weighted by molar-refractivity contribution is 7.85. The van der Waals surface area contributed by atoms with Crippen molar-refractivity contribution in [2.24, 2.45) is 5.73 Å². The van der Waals surface area contributed by atoms with Crippen molar-refractivity contribution < 1.29 is 17.8 Å². The Morgan fingerprint density at radius 3 is 1.92 bits per heavy atom. The molecule has 0 saturated heterocycles. The first kappa shape index (κ1) is 21.1. The zero-order valence-corrected chi connectivity index (χ0v) is 15.5. The highest BCUT2D eigenvalue weighted by Gasteiger charge is 2.07. The fourth-order valence-corrected chi connectivity index (χ4v) is 1.95. The van der Waals surface area contributed by atoms with E-state index in [4.69, 9.17) is 21.9 Å². The summed E-state index contributed by atoms with van der Waals surface area (Å²) in [4.78, 5) is 10.9. The van der Waals surface area contributed by atoms with Crippen molar-refractivity contribution in [1.29, 1.82) is 0 Å². The standard InChI is InChI=1S/C16H17ClN2O.CH4O3S/c1-11(16(18)20)19-10-12-2-4-13(5-3-12)14-6-8-15(17)9-7-14;1-5(2,3)4/h2-9,11,19H,10H2,1H3,(H2,18,20);1H3,(H,2,3,4)/t11-;/m0./s1. The number of amides is 1. The monoisotopic (exact) mass is 384 g/mol. The van der Waals surface area contributed by atoms with Crippen LogP contribution in [0.1, 0.15) is 12.5 Å². The number of carbonyl (C=O) groups excluding carboxylic acids is 1. The number of primary amides is 1. The maximum absolute atomic E-state index is 10.9. The second-order valence-electron chi connectivity index (χ2n) is 5.44. The van der Waals surface area contributed by atoms with Crippen LogP contribution in [0.25, 0.3) is 11.1 Å². The van der Waals surface area contributed by atoms with Crippen LogP contribution in [0.3, 0.4) is 0 Å². The predicted octanol–water partition coefficient (Wildman–Crippen LogP) is 2.47.